The number of benzene rings is 1. The fourth-order valence-corrected chi connectivity index (χ4v) is 4.32. The van der Waals surface area contributed by atoms with Crippen LogP contribution in [0.3, 0.4) is 0 Å². The third-order valence-corrected chi connectivity index (χ3v) is 6.29. The quantitative estimate of drug-likeness (QED) is 0.539. The topological polar surface area (TPSA) is 102 Å². The summed E-state index contributed by atoms with van der Waals surface area (Å²) in [5, 5.41) is 7.78. The van der Waals surface area contributed by atoms with E-state index in [-0.39, 0.29) is 17.9 Å². The van der Waals surface area contributed by atoms with Gasteiger partial charge in [-0.3, -0.25) is 9.59 Å². The number of nitrogens with zero attached hydrogens (tertiary/aromatic N) is 5. The fourth-order valence-electron chi connectivity index (χ4n) is 4.32. The predicted molar refractivity (Wildman–Crippen MR) is 128 cm³/mol. The number of esters is 1. The number of hydrogen-bond donors (Lipinski definition) is 1. The van der Waals surface area contributed by atoms with Crippen molar-refractivity contribution in [3.63, 3.8) is 0 Å². The minimum atomic E-state index is -0.235. The third kappa shape index (κ3) is 5.24. The van der Waals surface area contributed by atoms with Gasteiger partial charge in [0.1, 0.15) is 0 Å². The summed E-state index contributed by atoms with van der Waals surface area (Å²) in [5.41, 5.74) is 4.39. The van der Waals surface area contributed by atoms with Crippen molar-refractivity contribution in [2.75, 3.05) is 25.1 Å². The van der Waals surface area contributed by atoms with Crippen molar-refractivity contribution in [2.45, 2.75) is 45.6 Å². The molecule has 0 unspecified atom stereocenters. The van der Waals surface area contributed by atoms with Gasteiger partial charge in [0.15, 0.2) is 0 Å². The summed E-state index contributed by atoms with van der Waals surface area (Å²) in [6, 6.07) is 9.37. The smallest absolute Gasteiger partial charge is 0.305 e. The van der Waals surface area contributed by atoms with E-state index in [1.54, 1.807) is 18.5 Å². The van der Waals surface area contributed by atoms with Gasteiger partial charge in [-0.05, 0) is 69.0 Å². The van der Waals surface area contributed by atoms with Gasteiger partial charge in [0.05, 0.1) is 18.5 Å². The summed E-state index contributed by atoms with van der Waals surface area (Å²) in [5.74, 6) is 0.426. The van der Waals surface area contributed by atoms with E-state index in [0.717, 1.165) is 54.5 Å². The zero-order valence-corrected chi connectivity index (χ0v) is 19.8. The monoisotopic (exact) mass is 462 g/mol. The molecule has 178 valence electrons. The number of aryl methyl sites for hydroxylation is 1. The molecule has 0 aliphatic carbocycles. The Hall–Kier alpha value is -3.75. The van der Waals surface area contributed by atoms with E-state index < -0.39 is 0 Å². The molecule has 0 spiro atoms. The number of aromatic nitrogens is 4. The summed E-state index contributed by atoms with van der Waals surface area (Å²) < 4.78 is 6.60. The van der Waals surface area contributed by atoms with Crippen LogP contribution >= 0.6 is 0 Å². The number of anilines is 1. The number of rotatable bonds is 7. The van der Waals surface area contributed by atoms with E-state index in [9.17, 15) is 9.59 Å². The van der Waals surface area contributed by atoms with Gasteiger partial charge in [0, 0.05) is 49.2 Å². The maximum Gasteiger partial charge on any atom is 0.305 e. The van der Waals surface area contributed by atoms with Crippen molar-refractivity contribution in [2.24, 2.45) is 0 Å². The van der Waals surface area contributed by atoms with Crippen LogP contribution in [0.2, 0.25) is 0 Å². The number of ether oxygens (including phenoxy) is 1. The number of nitrogens with one attached hydrogen (secondary N) is 1. The van der Waals surface area contributed by atoms with E-state index >= 15 is 0 Å². The first-order valence-electron chi connectivity index (χ1n) is 11.5. The molecule has 3 aromatic rings. The molecule has 1 aliphatic rings. The molecule has 1 aromatic carbocycles. The van der Waals surface area contributed by atoms with Gasteiger partial charge in [0.2, 0.25) is 5.95 Å². The Balaban J connectivity index is 1.36. The second-order valence-corrected chi connectivity index (χ2v) is 8.47. The minimum Gasteiger partial charge on any atom is -0.469 e. The van der Waals surface area contributed by atoms with E-state index in [2.05, 4.69) is 25.3 Å². The zero-order valence-electron chi connectivity index (χ0n) is 19.8. The average Bonchev–Trinajstić information content (AvgIpc) is 3.16. The minimum absolute atomic E-state index is 0.0758. The Morgan fingerprint density at radius 3 is 2.41 bits per heavy atom. The second-order valence-electron chi connectivity index (χ2n) is 8.47. The van der Waals surface area contributed by atoms with Gasteiger partial charge < -0.3 is 15.0 Å². The Labute approximate surface area is 199 Å². The van der Waals surface area contributed by atoms with Crippen LogP contribution in [0.5, 0.6) is 0 Å². The molecule has 9 heteroatoms. The molecule has 1 amide bonds. The standard InChI is InChI=1S/C25H30N6O3/c1-17-22(9-10-23(32)34-3)18(2)31(29-17)21-7-5-19(6-8-21)24(33)28-20-11-15-30(16-12-20)25-26-13-4-14-27-25/h4-8,13-14,20H,9-12,15-16H2,1-3H3,(H,28,33). The van der Waals surface area contributed by atoms with E-state index in [0.29, 0.717) is 18.4 Å². The van der Waals surface area contributed by atoms with Crippen LogP contribution in [0.1, 0.15) is 46.6 Å². The normalized spacial score (nSPS) is 14.1. The molecule has 0 bridgehead atoms. The second kappa shape index (κ2) is 10.5. The molecule has 1 fully saturated rings. The van der Waals surface area contributed by atoms with Crippen molar-refractivity contribution in [1.82, 2.24) is 25.1 Å². The van der Waals surface area contributed by atoms with Gasteiger partial charge in [-0.25, -0.2) is 14.6 Å². The zero-order chi connectivity index (χ0) is 24.1. The summed E-state index contributed by atoms with van der Waals surface area (Å²) >= 11 is 0. The van der Waals surface area contributed by atoms with Crippen LogP contribution < -0.4 is 10.2 Å². The first-order chi connectivity index (χ1) is 16.5. The molecular formula is C25H30N6O3. The molecule has 34 heavy (non-hydrogen) atoms. The molecule has 2 aromatic heterocycles. The molecular weight excluding hydrogens is 432 g/mol. The number of piperidine rings is 1. The van der Waals surface area contributed by atoms with Crippen LogP contribution in [0.25, 0.3) is 5.69 Å². The highest BCUT2D eigenvalue weighted by molar-refractivity contribution is 5.94. The van der Waals surface area contributed by atoms with Crippen molar-refractivity contribution in [3.8, 4) is 5.69 Å². The van der Waals surface area contributed by atoms with Crippen LogP contribution in [-0.4, -0.2) is 57.9 Å². The average molecular weight is 463 g/mol. The number of amides is 1. The maximum absolute atomic E-state index is 12.8. The molecule has 3 heterocycles. The lowest BCUT2D eigenvalue weighted by Crippen LogP contribution is -2.45. The molecule has 0 atom stereocenters. The van der Waals surface area contributed by atoms with Crippen LogP contribution in [-0.2, 0) is 16.0 Å². The number of hydrogen-bond acceptors (Lipinski definition) is 7. The molecule has 1 aliphatic heterocycles. The Kier molecular flexibility index (Phi) is 7.20. The molecule has 9 nitrogen and oxygen atoms in total. The highest BCUT2D eigenvalue weighted by atomic mass is 16.5. The number of carbonyl (C=O) groups excluding carboxylic acids is 2. The van der Waals surface area contributed by atoms with Gasteiger partial charge in [-0.15, -0.1) is 0 Å². The van der Waals surface area contributed by atoms with Crippen molar-refractivity contribution >= 4 is 17.8 Å². The highest BCUT2D eigenvalue weighted by Gasteiger charge is 2.22. The van der Waals surface area contributed by atoms with Gasteiger partial charge in [0.25, 0.3) is 5.91 Å². The predicted octanol–water partition coefficient (Wildman–Crippen LogP) is 2.78. The first-order valence-corrected chi connectivity index (χ1v) is 11.5. The van der Waals surface area contributed by atoms with Crippen molar-refractivity contribution < 1.29 is 14.3 Å². The van der Waals surface area contributed by atoms with E-state index in [1.807, 2.05) is 42.8 Å². The van der Waals surface area contributed by atoms with Crippen molar-refractivity contribution in [3.05, 3.63) is 65.2 Å². The summed E-state index contributed by atoms with van der Waals surface area (Å²) in [6.07, 6.45) is 6.09. The van der Waals surface area contributed by atoms with E-state index in [1.165, 1.54) is 7.11 Å². The summed E-state index contributed by atoms with van der Waals surface area (Å²) in [7, 11) is 1.39. The molecule has 1 saturated heterocycles. The molecule has 1 N–H and O–H groups in total. The van der Waals surface area contributed by atoms with Gasteiger partial charge >= 0.3 is 5.97 Å². The third-order valence-electron chi connectivity index (χ3n) is 6.29. The first kappa shape index (κ1) is 23.4. The summed E-state index contributed by atoms with van der Waals surface area (Å²) in [4.78, 5) is 35.1. The Morgan fingerprint density at radius 2 is 1.76 bits per heavy atom. The highest BCUT2D eigenvalue weighted by Crippen LogP contribution is 2.21. The lowest BCUT2D eigenvalue weighted by molar-refractivity contribution is -0.140. The SMILES string of the molecule is COC(=O)CCc1c(C)nn(-c2ccc(C(=O)NC3CCN(c4ncccn4)CC3)cc2)c1C. The van der Waals surface area contributed by atoms with Gasteiger partial charge in [-0.1, -0.05) is 0 Å². The summed E-state index contributed by atoms with van der Waals surface area (Å²) in [6.45, 7) is 5.54. The van der Waals surface area contributed by atoms with E-state index in [4.69, 9.17) is 4.74 Å². The number of carbonyl (C=O) groups is 2. The van der Waals surface area contributed by atoms with Gasteiger partial charge in [-0.2, -0.15) is 5.10 Å². The maximum atomic E-state index is 12.8. The lowest BCUT2D eigenvalue weighted by atomic mass is 10.0. The Morgan fingerprint density at radius 1 is 1.09 bits per heavy atom. The molecule has 4 rings (SSSR count). The molecule has 0 saturated carbocycles. The van der Waals surface area contributed by atoms with Crippen LogP contribution in [0.4, 0.5) is 5.95 Å². The van der Waals surface area contributed by atoms with Crippen LogP contribution in [0, 0.1) is 13.8 Å². The number of methoxy groups -OCH3 is 1. The largest absolute Gasteiger partial charge is 0.469 e. The lowest BCUT2D eigenvalue weighted by Gasteiger charge is -2.32. The van der Waals surface area contributed by atoms with Crippen LogP contribution in [0.15, 0.2) is 42.7 Å². The molecule has 0 radical (unpaired) electrons. The Bertz CT molecular complexity index is 1140. The van der Waals surface area contributed by atoms with Crippen molar-refractivity contribution in [1.29, 1.82) is 0 Å². The fraction of sp³-hybridized carbons (Fsp3) is 0.400.